The van der Waals surface area contributed by atoms with E-state index in [1.54, 1.807) is 19.2 Å². The molecule has 0 saturated heterocycles. The molecule has 0 radical (unpaired) electrons. The first kappa shape index (κ1) is 10.0. The van der Waals surface area contributed by atoms with Gasteiger partial charge in [0.2, 0.25) is 0 Å². The third-order valence-electron chi connectivity index (χ3n) is 1.72. The first-order valence-electron chi connectivity index (χ1n) is 3.69. The van der Waals surface area contributed by atoms with Crippen molar-refractivity contribution in [1.29, 1.82) is 5.26 Å². The highest BCUT2D eigenvalue weighted by Gasteiger charge is 2.08. The summed E-state index contributed by atoms with van der Waals surface area (Å²) >= 11 is 3.29. The monoisotopic (exact) mass is 240 g/mol. The van der Waals surface area contributed by atoms with Crippen molar-refractivity contribution in [3.63, 3.8) is 0 Å². The molecule has 13 heavy (non-hydrogen) atoms. The Morgan fingerprint density at radius 1 is 1.62 bits per heavy atom. The van der Waals surface area contributed by atoms with E-state index in [1.807, 2.05) is 0 Å². The van der Waals surface area contributed by atoms with Gasteiger partial charge in [0.1, 0.15) is 5.75 Å². The number of methoxy groups -OCH3 is 1. The number of nitrogens with two attached hydrogens (primary N) is 1. The van der Waals surface area contributed by atoms with Crippen LogP contribution in [0, 0.1) is 11.3 Å². The van der Waals surface area contributed by atoms with Crippen LogP contribution in [0.2, 0.25) is 0 Å². The van der Waals surface area contributed by atoms with E-state index in [0.29, 0.717) is 17.9 Å². The maximum Gasteiger partial charge on any atom is 0.125 e. The van der Waals surface area contributed by atoms with Crippen molar-refractivity contribution in [3.05, 3.63) is 27.7 Å². The lowest BCUT2D eigenvalue weighted by Crippen LogP contribution is -2.02. The highest BCUT2D eigenvalue weighted by molar-refractivity contribution is 9.10. The fourth-order valence-electron chi connectivity index (χ4n) is 1.10. The molecule has 0 aliphatic heterocycles. The quantitative estimate of drug-likeness (QED) is 0.858. The summed E-state index contributed by atoms with van der Waals surface area (Å²) in [5.74, 6) is 0.647. The van der Waals surface area contributed by atoms with Gasteiger partial charge in [-0.05, 0) is 12.1 Å². The minimum Gasteiger partial charge on any atom is -0.496 e. The minimum atomic E-state index is 0.305. The van der Waals surface area contributed by atoms with Crippen molar-refractivity contribution in [2.75, 3.05) is 7.11 Å². The largest absolute Gasteiger partial charge is 0.496 e. The van der Waals surface area contributed by atoms with Crippen LogP contribution in [-0.2, 0) is 6.54 Å². The molecule has 0 fully saturated rings. The fourth-order valence-corrected chi connectivity index (χ4v) is 1.54. The van der Waals surface area contributed by atoms with Gasteiger partial charge in [-0.3, -0.25) is 0 Å². The lowest BCUT2D eigenvalue weighted by molar-refractivity contribution is 0.409. The van der Waals surface area contributed by atoms with E-state index >= 15 is 0 Å². The zero-order chi connectivity index (χ0) is 9.84. The van der Waals surface area contributed by atoms with Crippen LogP contribution in [0.5, 0.6) is 5.75 Å². The van der Waals surface area contributed by atoms with E-state index in [0.717, 1.165) is 10.0 Å². The van der Waals surface area contributed by atoms with Crippen LogP contribution < -0.4 is 10.5 Å². The molecule has 1 rings (SSSR count). The van der Waals surface area contributed by atoms with Crippen LogP contribution in [0.1, 0.15) is 11.1 Å². The molecule has 0 bridgehead atoms. The Hall–Kier alpha value is -1.05. The van der Waals surface area contributed by atoms with E-state index in [2.05, 4.69) is 22.0 Å². The summed E-state index contributed by atoms with van der Waals surface area (Å²) in [4.78, 5) is 0. The Kier molecular flexibility index (Phi) is 3.29. The Morgan fingerprint density at radius 2 is 2.31 bits per heavy atom. The van der Waals surface area contributed by atoms with Gasteiger partial charge >= 0.3 is 0 Å². The number of halogens is 1. The van der Waals surface area contributed by atoms with Gasteiger partial charge in [0.05, 0.1) is 18.7 Å². The van der Waals surface area contributed by atoms with Crippen LogP contribution in [0.25, 0.3) is 0 Å². The van der Waals surface area contributed by atoms with Crippen molar-refractivity contribution in [3.8, 4) is 11.8 Å². The lowest BCUT2D eigenvalue weighted by Gasteiger charge is -2.08. The average Bonchev–Trinajstić information content (AvgIpc) is 2.16. The van der Waals surface area contributed by atoms with Crippen LogP contribution in [0.4, 0.5) is 0 Å². The minimum absolute atomic E-state index is 0.305. The predicted octanol–water partition coefficient (Wildman–Crippen LogP) is 1.79. The second kappa shape index (κ2) is 4.26. The van der Waals surface area contributed by atoms with Crippen LogP contribution in [0.3, 0.4) is 0 Å². The van der Waals surface area contributed by atoms with Gasteiger partial charge in [0.25, 0.3) is 0 Å². The molecule has 0 aliphatic carbocycles. The van der Waals surface area contributed by atoms with Gasteiger partial charge in [-0.15, -0.1) is 0 Å². The Morgan fingerprint density at radius 3 is 2.77 bits per heavy atom. The third-order valence-corrected chi connectivity index (χ3v) is 2.18. The van der Waals surface area contributed by atoms with Crippen LogP contribution >= 0.6 is 15.9 Å². The Labute approximate surface area is 85.2 Å². The normalized spacial score (nSPS) is 9.38. The molecule has 1 aromatic carbocycles. The number of nitriles is 1. The maximum atomic E-state index is 8.81. The number of ether oxygens (including phenoxy) is 1. The molecule has 68 valence electrons. The van der Waals surface area contributed by atoms with E-state index in [-0.39, 0.29) is 0 Å². The first-order chi connectivity index (χ1) is 6.22. The van der Waals surface area contributed by atoms with Crippen LogP contribution in [-0.4, -0.2) is 7.11 Å². The number of hydrogen-bond acceptors (Lipinski definition) is 3. The van der Waals surface area contributed by atoms with E-state index < -0.39 is 0 Å². The Bertz CT molecular complexity index is 357. The summed E-state index contributed by atoms with van der Waals surface area (Å²) in [6.45, 7) is 0.305. The SMILES string of the molecule is COc1cc(Br)cc(C#N)c1CN. The summed E-state index contributed by atoms with van der Waals surface area (Å²) in [6, 6.07) is 5.59. The van der Waals surface area contributed by atoms with Gasteiger partial charge in [-0.1, -0.05) is 15.9 Å². The second-order valence-electron chi connectivity index (χ2n) is 2.45. The highest BCUT2D eigenvalue weighted by Crippen LogP contribution is 2.26. The summed E-state index contributed by atoms with van der Waals surface area (Å²) in [6.07, 6.45) is 0. The smallest absolute Gasteiger partial charge is 0.125 e. The predicted molar refractivity (Wildman–Crippen MR) is 53.3 cm³/mol. The molecule has 0 aliphatic rings. The molecule has 0 aromatic heterocycles. The summed E-state index contributed by atoms with van der Waals surface area (Å²) in [5, 5.41) is 8.81. The fraction of sp³-hybridized carbons (Fsp3) is 0.222. The third kappa shape index (κ3) is 2.00. The topological polar surface area (TPSA) is 59.0 Å². The van der Waals surface area contributed by atoms with Crippen molar-refractivity contribution < 1.29 is 4.74 Å². The average molecular weight is 241 g/mol. The standard InChI is InChI=1S/C9H9BrN2O/c1-13-9-3-7(10)2-6(4-11)8(9)5-12/h2-3H,5,12H2,1H3. The van der Waals surface area contributed by atoms with Crippen molar-refractivity contribution in [2.45, 2.75) is 6.54 Å². The lowest BCUT2D eigenvalue weighted by atomic mass is 10.1. The zero-order valence-electron chi connectivity index (χ0n) is 7.17. The van der Waals surface area contributed by atoms with Crippen LogP contribution in [0.15, 0.2) is 16.6 Å². The van der Waals surface area contributed by atoms with E-state index in [4.69, 9.17) is 15.7 Å². The highest BCUT2D eigenvalue weighted by atomic mass is 79.9. The molecule has 0 heterocycles. The molecule has 1 aromatic rings. The number of nitrogens with zero attached hydrogens (tertiary/aromatic N) is 1. The summed E-state index contributed by atoms with van der Waals surface area (Å²) in [5.41, 5.74) is 6.80. The Balaban J connectivity index is 3.36. The molecule has 4 heteroatoms. The molecule has 2 N–H and O–H groups in total. The molecule has 0 atom stereocenters. The van der Waals surface area contributed by atoms with Gasteiger partial charge in [0.15, 0.2) is 0 Å². The molecule has 0 unspecified atom stereocenters. The molecule has 0 spiro atoms. The van der Waals surface area contributed by atoms with Crippen molar-refractivity contribution >= 4 is 15.9 Å². The number of hydrogen-bond donors (Lipinski definition) is 1. The summed E-state index contributed by atoms with van der Waals surface area (Å²) in [7, 11) is 1.56. The van der Waals surface area contributed by atoms with E-state index in [1.165, 1.54) is 0 Å². The summed E-state index contributed by atoms with van der Waals surface area (Å²) < 4.78 is 5.92. The molecular formula is C9H9BrN2O. The molecule has 0 amide bonds. The second-order valence-corrected chi connectivity index (χ2v) is 3.37. The van der Waals surface area contributed by atoms with Gasteiger partial charge in [-0.2, -0.15) is 5.26 Å². The van der Waals surface area contributed by atoms with Gasteiger partial charge < -0.3 is 10.5 Å². The molecule has 3 nitrogen and oxygen atoms in total. The van der Waals surface area contributed by atoms with E-state index in [9.17, 15) is 0 Å². The van der Waals surface area contributed by atoms with Crippen molar-refractivity contribution in [1.82, 2.24) is 0 Å². The number of benzene rings is 1. The number of rotatable bonds is 2. The van der Waals surface area contributed by atoms with Gasteiger partial charge in [0, 0.05) is 16.6 Å². The first-order valence-corrected chi connectivity index (χ1v) is 4.48. The van der Waals surface area contributed by atoms with Crippen molar-refractivity contribution in [2.24, 2.45) is 5.73 Å². The molecule has 0 saturated carbocycles. The molecular weight excluding hydrogens is 232 g/mol. The maximum absolute atomic E-state index is 8.81. The zero-order valence-corrected chi connectivity index (χ0v) is 8.76. The van der Waals surface area contributed by atoms with Gasteiger partial charge in [-0.25, -0.2) is 0 Å².